The number of hydrogen-bond donors (Lipinski definition) is 2. The SMILES string of the molecule is C[C@@H](C(=O)N1CCN(c2ccc(S(=O)(=O)/N=C(N)/C=C\C(=N)Cl)cc2)CC1)N1CCCc2cc(Cl)ccc21. The normalized spacial score (nSPS) is 17.4. The number of carbonyl (C=O) groups excluding carboxylic acids is 1. The van der Waals surface area contributed by atoms with Crippen LogP contribution in [0.1, 0.15) is 18.9 Å². The number of amidine groups is 1. The fraction of sp³-hybridized carbons (Fsp3) is 0.346. The Morgan fingerprint density at radius 2 is 1.76 bits per heavy atom. The lowest BCUT2D eigenvalue weighted by molar-refractivity contribution is -0.132. The van der Waals surface area contributed by atoms with Crippen LogP contribution in [0.15, 0.2) is 63.9 Å². The highest BCUT2D eigenvalue weighted by atomic mass is 35.5. The molecule has 1 amide bonds. The Labute approximate surface area is 233 Å². The van der Waals surface area contributed by atoms with Gasteiger partial charge in [0.1, 0.15) is 17.0 Å². The Bertz CT molecular complexity index is 1370. The van der Waals surface area contributed by atoms with E-state index in [0.29, 0.717) is 31.2 Å². The molecule has 2 aliphatic heterocycles. The van der Waals surface area contributed by atoms with Crippen LogP contribution in [-0.4, -0.2) is 69.0 Å². The first-order chi connectivity index (χ1) is 18.0. The zero-order valence-corrected chi connectivity index (χ0v) is 23.3. The number of amides is 1. The Morgan fingerprint density at radius 1 is 1.08 bits per heavy atom. The third kappa shape index (κ3) is 6.48. The van der Waals surface area contributed by atoms with Crippen LogP contribution in [0.4, 0.5) is 11.4 Å². The Balaban J connectivity index is 1.37. The van der Waals surface area contributed by atoms with Gasteiger partial charge in [-0.15, -0.1) is 4.40 Å². The molecular weight excluding hydrogens is 547 g/mol. The molecule has 1 saturated heterocycles. The van der Waals surface area contributed by atoms with Crippen molar-refractivity contribution < 1.29 is 13.2 Å². The number of nitrogens with two attached hydrogens (primary N) is 1. The maximum Gasteiger partial charge on any atom is 0.284 e. The van der Waals surface area contributed by atoms with Gasteiger partial charge in [-0.05, 0) is 79.9 Å². The summed E-state index contributed by atoms with van der Waals surface area (Å²) in [6.07, 6.45) is 4.24. The topological polar surface area (TPSA) is 123 Å². The van der Waals surface area contributed by atoms with Gasteiger partial charge in [-0.2, -0.15) is 8.42 Å². The van der Waals surface area contributed by atoms with Gasteiger partial charge in [0.25, 0.3) is 10.0 Å². The van der Waals surface area contributed by atoms with Crippen molar-refractivity contribution in [1.29, 1.82) is 5.41 Å². The second kappa shape index (κ2) is 11.8. The lowest BCUT2D eigenvalue weighted by atomic mass is 10.00. The monoisotopic (exact) mass is 576 g/mol. The third-order valence-electron chi connectivity index (χ3n) is 6.74. The molecule has 0 aliphatic carbocycles. The highest BCUT2D eigenvalue weighted by Gasteiger charge is 2.31. The predicted molar refractivity (Wildman–Crippen MR) is 153 cm³/mol. The molecular formula is C26H30Cl2N6O3S. The number of halogens is 2. The van der Waals surface area contributed by atoms with Crippen LogP contribution in [-0.2, 0) is 21.2 Å². The van der Waals surface area contributed by atoms with E-state index < -0.39 is 10.0 Å². The molecule has 0 saturated carbocycles. The van der Waals surface area contributed by atoms with Gasteiger partial charge in [-0.25, -0.2) is 0 Å². The van der Waals surface area contributed by atoms with Crippen molar-refractivity contribution >= 4 is 61.5 Å². The lowest BCUT2D eigenvalue weighted by Gasteiger charge is -2.41. The molecule has 12 heteroatoms. The average Bonchev–Trinajstić information content (AvgIpc) is 2.90. The molecule has 0 spiro atoms. The van der Waals surface area contributed by atoms with Gasteiger partial charge in [0.15, 0.2) is 0 Å². The fourth-order valence-corrected chi connectivity index (χ4v) is 5.97. The van der Waals surface area contributed by atoms with E-state index in [9.17, 15) is 13.2 Å². The standard InChI is InChI=1S/C26H30Cl2N6O3S/c1-18(34-12-2-3-19-17-20(27)4-9-23(19)34)26(35)33-15-13-32(14-16-33)21-5-7-22(8-6-21)38(36,37)31-25(30)11-10-24(28)29/h4-11,17-18,29H,2-3,12-16H2,1H3,(H2,30,31)/b11-10-,29-24?/t18-/m0/s1. The maximum atomic E-state index is 13.4. The summed E-state index contributed by atoms with van der Waals surface area (Å²) in [4.78, 5) is 19.6. The van der Waals surface area contributed by atoms with Crippen molar-refractivity contribution in [2.45, 2.75) is 30.7 Å². The van der Waals surface area contributed by atoms with Gasteiger partial charge in [0, 0.05) is 49.1 Å². The Hall–Kier alpha value is -3.08. The number of piperazine rings is 1. The quantitative estimate of drug-likeness (QED) is 0.383. The summed E-state index contributed by atoms with van der Waals surface area (Å²) in [5, 5.41) is 7.55. The summed E-state index contributed by atoms with van der Waals surface area (Å²) in [6.45, 7) is 5.22. The maximum absolute atomic E-state index is 13.4. The largest absolute Gasteiger partial charge is 0.383 e. The van der Waals surface area contributed by atoms with E-state index in [1.54, 1.807) is 12.1 Å². The molecule has 1 atom stereocenters. The molecule has 9 nitrogen and oxygen atoms in total. The number of fused-ring (bicyclic) bond motifs is 1. The molecule has 0 aromatic heterocycles. The van der Waals surface area contributed by atoms with Gasteiger partial charge in [-0.1, -0.05) is 23.2 Å². The minimum atomic E-state index is -4.00. The van der Waals surface area contributed by atoms with Crippen LogP contribution in [0.25, 0.3) is 0 Å². The molecule has 0 bridgehead atoms. The van der Waals surface area contributed by atoms with E-state index in [1.807, 2.05) is 30.0 Å². The number of sulfonamides is 1. The van der Waals surface area contributed by atoms with Crippen molar-refractivity contribution in [1.82, 2.24) is 4.90 Å². The average molecular weight is 578 g/mol. The number of nitrogens with zero attached hydrogens (tertiary/aromatic N) is 4. The summed E-state index contributed by atoms with van der Waals surface area (Å²) in [5.41, 5.74) is 8.73. The summed E-state index contributed by atoms with van der Waals surface area (Å²) in [5.74, 6) is -0.172. The highest BCUT2D eigenvalue weighted by Crippen LogP contribution is 2.31. The van der Waals surface area contributed by atoms with E-state index in [4.69, 9.17) is 34.3 Å². The number of nitrogens with one attached hydrogen (secondary N) is 1. The van der Waals surface area contributed by atoms with Crippen LogP contribution in [0, 0.1) is 5.41 Å². The number of aryl methyl sites for hydroxylation is 1. The lowest BCUT2D eigenvalue weighted by Crippen LogP contribution is -2.55. The van der Waals surface area contributed by atoms with Crippen LogP contribution < -0.4 is 15.5 Å². The summed E-state index contributed by atoms with van der Waals surface area (Å²) >= 11 is 11.6. The second-order valence-corrected chi connectivity index (χ2v) is 11.7. The first-order valence-corrected chi connectivity index (χ1v) is 14.5. The molecule has 2 aliphatic rings. The minimum Gasteiger partial charge on any atom is -0.383 e. The second-order valence-electron chi connectivity index (χ2n) is 9.22. The number of benzene rings is 2. The molecule has 2 heterocycles. The van der Waals surface area contributed by atoms with Crippen molar-refractivity contribution in [3.63, 3.8) is 0 Å². The van der Waals surface area contributed by atoms with Crippen LogP contribution in [0.5, 0.6) is 0 Å². The van der Waals surface area contributed by atoms with Gasteiger partial charge in [0.2, 0.25) is 5.91 Å². The summed E-state index contributed by atoms with van der Waals surface area (Å²) < 4.78 is 28.6. The number of anilines is 2. The number of carbonyl (C=O) groups is 1. The van der Waals surface area contributed by atoms with Crippen LogP contribution in [0.3, 0.4) is 0 Å². The number of allylic oxidation sites excluding steroid dienone is 1. The highest BCUT2D eigenvalue weighted by molar-refractivity contribution is 7.90. The van der Waals surface area contributed by atoms with E-state index in [-0.39, 0.29) is 27.9 Å². The van der Waals surface area contributed by atoms with E-state index in [0.717, 1.165) is 42.9 Å². The molecule has 38 heavy (non-hydrogen) atoms. The van der Waals surface area contributed by atoms with Gasteiger partial charge in [-0.3, -0.25) is 10.2 Å². The molecule has 2 aromatic carbocycles. The van der Waals surface area contributed by atoms with Crippen molar-refractivity contribution in [3.05, 3.63) is 65.2 Å². The first kappa shape index (κ1) is 27.9. The van der Waals surface area contributed by atoms with E-state index in [1.165, 1.54) is 17.7 Å². The summed E-state index contributed by atoms with van der Waals surface area (Å²) in [6, 6.07) is 12.0. The third-order valence-corrected chi connectivity index (χ3v) is 8.42. The van der Waals surface area contributed by atoms with Crippen LogP contribution >= 0.6 is 23.2 Å². The number of hydrogen-bond acceptors (Lipinski definition) is 6. The molecule has 4 rings (SSSR count). The van der Waals surface area contributed by atoms with Gasteiger partial charge < -0.3 is 20.4 Å². The molecule has 0 unspecified atom stereocenters. The zero-order valence-electron chi connectivity index (χ0n) is 21.0. The van der Waals surface area contributed by atoms with E-state index >= 15 is 0 Å². The molecule has 1 fully saturated rings. The smallest absolute Gasteiger partial charge is 0.284 e. The molecule has 3 N–H and O–H groups in total. The predicted octanol–water partition coefficient (Wildman–Crippen LogP) is 3.65. The minimum absolute atomic E-state index is 0.00397. The van der Waals surface area contributed by atoms with Crippen molar-refractivity contribution in [3.8, 4) is 0 Å². The van der Waals surface area contributed by atoms with E-state index in [2.05, 4.69) is 14.2 Å². The molecule has 2 aromatic rings. The molecule has 202 valence electrons. The Kier molecular flexibility index (Phi) is 8.64. The first-order valence-electron chi connectivity index (χ1n) is 12.3. The van der Waals surface area contributed by atoms with Crippen molar-refractivity contribution in [2.24, 2.45) is 10.1 Å². The summed E-state index contributed by atoms with van der Waals surface area (Å²) in [7, 11) is -4.00. The van der Waals surface area contributed by atoms with Gasteiger partial charge in [0.05, 0.1) is 4.90 Å². The fourth-order valence-electron chi connectivity index (χ4n) is 4.79. The molecule has 0 radical (unpaired) electrons. The Morgan fingerprint density at radius 3 is 2.42 bits per heavy atom. The van der Waals surface area contributed by atoms with Gasteiger partial charge >= 0.3 is 0 Å². The number of rotatable bonds is 7. The zero-order chi connectivity index (χ0) is 27.4. The van der Waals surface area contributed by atoms with Crippen molar-refractivity contribution in [2.75, 3.05) is 42.5 Å². The van der Waals surface area contributed by atoms with Crippen LogP contribution in [0.2, 0.25) is 5.02 Å².